The van der Waals surface area contributed by atoms with Crippen molar-refractivity contribution in [2.24, 2.45) is 4.99 Å². The minimum absolute atomic E-state index is 0.126. The van der Waals surface area contributed by atoms with E-state index in [4.69, 9.17) is 0 Å². The number of benzene rings is 1. The van der Waals surface area contributed by atoms with Gasteiger partial charge in [0.05, 0.1) is 0 Å². The first-order valence-electron chi connectivity index (χ1n) is 14.5. The molecule has 1 aromatic rings. The number of allylic oxidation sites excluding steroid dienone is 5. The molecule has 216 valence electrons. The van der Waals surface area contributed by atoms with Crippen LogP contribution in [0.25, 0.3) is 0 Å². The average molecular weight is 544 g/mol. The molecule has 0 radical (unpaired) electrons. The molecule has 0 saturated carbocycles. The van der Waals surface area contributed by atoms with E-state index in [-0.39, 0.29) is 5.91 Å². The predicted molar refractivity (Wildman–Crippen MR) is 170 cm³/mol. The summed E-state index contributed by atoms with van der Waals surface area (Å²) in [6.07, 6.45) is 8.19. The summed E-state index contributed by atoms with van der Waals surface area (Å²) in [6.45, 7) is 30.3. The van der Waals surface area contributed by atoms with Crippen LogP contribution >= 0.6 is 0 Å². The maximum Gasteiger partial charge on any atom is 0.254 e. The van der Waals surface area contributed by atoms with Gasteiger partial charge in [0.15, 0.2) is 0 Å². The molecule has 1 aromatic carbocycles. The molecule has 0 aromatic heterocycles. The molecule has 3 rings (SSSR count). The molecule has 2 fully saturated rings. The zero-order valence-corrected chi connectivity index (χ0v) is 25.9. The second kappa shape index (κ2) is 14.3. The Morgan fingerprint density at radius 1 is 0.850 bits per heavy atom. The maximum atomic E-state index is 13.7. The number of amidine groups is 1. The number of carbonyl (C=O) groups excluding carboxylic acids is 1. The highest BCUT2D eigenvalue weighted by atomic mass is 16.2. The van der Waals surface area contributed by atoms with Crippen molar-refractivity contribution < 1.29 is 4.79 Å². The third kappa shape index (κ3) is 8.07. The van der Waals surface area contributed by atoms with Gasteiger partial charge >= 0.3 is 0 Å². The highest BCUT2D eigenvalue weighted by Crippen LogP contribution is 2.23. The van der Waals surface area contributed by atoms with Crippen molar-refractivity contribution in [3.8, 4) is 0 Å². The van der Waals surface area contributed by atoms with E-state index in [0.29, 0.717) is 13.1 Å². The first kappa shape index (κ1) is 31.2. The lowest BCUT2D eigenvalue weighted by Crippen LogP contribution is -2.51. The molecule has 2 aliphatic heterocycles. The van der Waals surface area contributed by atoms with Gasteiger partial charge in [0.2, 0.25) is 0 Å². The highest BCUT2D eigenvalue weighted by molar-refractivity contribution is 5.98. The van der Waals surface area contributed by atoms with Crippen LogP contribution in [0.2, 0.25) is 0 Å². The molecule has 40 heavy (non-hydrogen) atoms. The molecule has 0 atom stereocenters. The van der Waals surface area contributed by atoms with Gasteiger partial charge in [-0.2, -0.15) is 0 Å². The molecule has 2 aliphatic rings. The fourth-order valence-electron chi connectivity index (χ4n) is 5.33. The van der Waals surface area contributed by atoms with Crippen LogP contribution in [0.5, 0.6) is 0 Å². The standard InChI is InChI=1S/C34H49N5O/c1-10-11-12-32(26(4)5)37-15-13-36(14-16-37)24-30-22-31(29(9)21-28(30)8)34(40)39-19-17-38(18-20-39)33(27(6)7)35-23-25(2)3/h10-12,21-23H,4,6,13-20,24H2,1-3,5,7-9H3/b11-10-,32-12+,35-33+. The average Bonchev–Trinajstić information content (AvgIpc) is 2.91. The fraction of sp³-hybridized carbons (Fsp3) is 0.471. The molecule has 0 N–H and O–H groups in total. The van der Waals surface area contributed by atoms with Crippen LogP contribution in [0.1, 0.15) is 61.7 Å². The Kier molecular flexibility index (Phi) is 11.1. The Balaban J connectivity index is 1.66. The van der Waals surface area contributed by atoms with Gasteiger partial charge in [-0.1, -0.05) is 36.9 Å². The third-order valence-corrected chi connectivity index (χ3v) is 7.60. The summed E-state index contributed by atoms with van der Waals surface area (Å²) in [7, 11) is 0. The number of hydrogen-bond acceptors (Lipinski definition) is 4. The summed E-state index contributed by atoms with van der Waals surface area (Å²) in [5.41, 5.74) is 8.77. The number of amides is 1. The van der Waals surface area contributed by atoms with E-state index in [2.05, 4.69) is 84.0 Å². The smallest absolute Gasteiger partial charge is 0.254 e. The van der Waals surface area contributed by atoms with Crippen molar-refractivity contribution in [2.45, 2.75) is 55.0 Å². The molecule has 6 nitrogen and oxygen atoms in total. The Labute approximate surface area is 242 Å². The van der Waals surface area contributed by atoms with E-state index in [1.54, 1.807) is 0 Å². The summed E-state index contributed by atoms with van der Waals surface area (Å²) in [6, 6.07) is 4.33. The molecule has 2 heterocycles. The number of rotatable bonds is 8. The second-order valence-corrected chi connectivity index (χ2v) is 11.4. The van der Waals surface area contributed by atoms with Crippen LogP contribution in [0.4, 0.5) is 0 Å². The van der Waals surface area contributed by atoms with Crippen molar-refractivity contribution in [3.05, 3.63) is 94.4 Å². The van der Waals surface area contributed by atoms with E-state index < -0.39 is 0 Å². The van der Waals surface area contributed by atoms with Crippen LogP contribution in [0, 0.1) is 13.8 Å². The number of hydrogen-bond donors (Lipinski definition) is 0. The Morgan fingerprint density at radius 2 is 1.45 bits per heavy atom. The molecule has 0 aliphatic carbocycles. The van der Waals surface area contributed by atoms with Gasteiger partial charge in [0.25, 0.3) is 5.91 Å². The van der Waals surface area contributed by atoms with Crippen LogP contribution in [-0.2, 0) is 6.54 Å². The Hall–Kier alpha value is -3.38. The zero-order chi connectivity index (χ0) is 29.4. The van der Waals surface area contributed by atoms with E-state index in [0.717, 1.165) is 79.5 Å². The molecule has 6 heteroatoms. The molecule has 2 saturated heterocycles. The second-order valence-electron chi connectivity index (χ2n) is 11.4. The number of aryl methyl sites for hydroxylation is 2. The van der Waals surface area contributed by atoms with Gasteiger partial charge in [-0.05, 0) is 88.4 Å². The predicted octanol–water partition coefficient (Wildman–Crippen LogP) is 6.11. The molecule has 0 spiro atoms. The van der Waals surface area contributed by atoms with E-state index in [1.165, 1.54) is 16.8 Å². The SMILES string of the molecule is C=C(C)/C(=C\C=C/C)N1CCN(Cc2cc(C(=O)N3CCN(/C(=N/C=C(C)C)C(=C)C)CC3)c(C)cc2C)CC1. The number of aliphatic imine (C=N–C) groups is 1. The normalized spacial score (nSPS) is 17.4. The summed E-state index contributed by atoms with van der Waals surface area (Å²) in [4.78, 5) is 27.5. The largest absolute Gasteiger partial charge is 0.369 e. The number of nitrogens with zero attached hydrogens (tertiary/aromatic N) is 5. The summed E-state index contributed by atoms with van der Waals surface area (Å²) < 4.78 is 0. The lowest BCUT2D eigenvalue weighted by Gasteiger charge is -2.38. The lowest BCUT2D eigenvalue weighted by atomic mass is 9.98. The van der Waals surface area contributed by atoms with Crippen molar-refractivity contribution >= 4 is 11.7 Å². The lowest BCUT2D eigenvalue weighted by molar-refractivity contribution is 0.0691. The van der Waals surface area contributed by atoms with Crippen LogP contribution in [0.15, 0.2) is 77.1 Å². The van der Waals surface area contributed by atoms with Gasteiger partial charge in [-0.15, -0.1) is 0 Å². The molecule has 1 amide bonds. The maximum absolute atomic E-state index is 13.7. The van der Waals surface area contributed by atoms with Crippen molar-refractivity contribution in [1.29, 1.82) is 0 Å². The molecule has 0 unspecified atom stereocenters. The quantitative estimate of drug-likeness (QED) is 0.225. The van der Waals surface area contributed by atoms with Crippen molar-refractivity contribution in [3.63, 3.8) is 0 Å². The monoisotopic (exact) mass is 543 g/mol. The summed E-state index contributed by atoms with van der Waals surface area (Å²) in [5, 5.41) is 0. The van der Waals surface area contributed by atoms with Crippen LogP contribution < -0.4 is 0 Å². The number of piperazine rings is 2. The summed E-state index contributed by atoms with van der Waals surface area (Å²) >= 11 is 0. The van der Waals surface area contributed by atoms with Crippen molar-refractivity contribution in [1.82, 2.24) is 19.6 Å². The number of carbonyl (C=O) groups is 1. The van der Waals surface area contributed by atoms with E-state index >= 15 is 0 Å². The van der Waals surface area contributed by atoms with Gasteiger partial charge in [-0.25, -0.2) is 4.99 Å². The third-order valence-electron chi connectivity index (χ3n) is 7.60. The van der Waals surface area contributed by atoms with Gasteiger partial charge < -0.3 is 14.7 Å². The zero-order valence-electron chi connectivity index (χ0n) is 25.9. The van der Waals surface area contributed by atoms with Crippen LogP contribution in [0.3, 0.4) is 0 Å². The minimum Gasteiger partial charge on any atom is -0.369 e. The molecular formula is C34H49N5O. The van der Waals surface area contributed by atoms with E-state index in [9.17, 15) is 4.79 Å². The van der Waals surface area contributed by atoms with E-state index in [1.807, 2.05) is 38.8 Å². The topological polar surface area (TPSA) is 42.4 Å². The molecule has 0 bridgehead atoms. The van der Waals surface area contributed by atoms with Gasteiger partial charge in [-0.3, -0.25) is 9.69 Å². The van der Waals surface area contributed by atoms with Crippen LogP contribution in [-0.4, -0.2) is 83.7 Å². The first-order valence-corrected chi connectivity index (χ1v) is 14.5. The van der Waals surface area contributed by atoms with Gasteiger partial charge in [0.1, 0.15) is 5.84 Å². The fourth-order valence-corrected chi connectivity index (χ4v) is 5.33. The summed E-state index contributed by atoms with van der Waals surface area (Å²) in [5.74, 6) is 1.04. The molecular weight excluding hydrogens is 494 g/mol. The minimum atomic E-state index is 0.126. The Morgan fingerprint density at radius 3 is 2.00 bits per heavy atom. The highest BCUT2D eigenvalue weighted by Gasteiger charge is 2.26. The van der Waals surface area contributed by atoms with Crippen molar-refractivity contribution in [2.75, 3.05) is 52.4 Å². The van der Waals surface area contributed by atoms with Gasteiger partial charge in [0, 0.05) is 76.4 Å². The first-order chi connectivity index (χ1) is 19.0. The Bertz CT molecular complexity index is 1210.